The van der Waals surface area contributed by atoms with E-state index in [1.165, 1.54) is 0 Å². The quantitative estimate of drug-likeness (QED) is 0.755. The number of rotatable bonds is 3. The van der Waals surface area contributed by atoms with Gasteiger partial charge in [-0.3, -0.25) is 5.10 Å². The first-order chi connectivity index (χ1) is 8.04. The van der Waals surface area contributed by atoms with Gasteiger partial charge in [-0.2, -0.15) is 5.10 Å². The molecule has 0 fully saturated rings. The molecule has 1 aromatic carbocycles. The normalized spacial score (nSPS) is 11.7. The highest BCUT2D eigenvalue weighted by atomic mass is 16.3. The molecule has 2 aromatic rings. The molecule has 1 heterocycles. The maximum Gasteiger partial charge on any atom is 0.126 e. The molecule has 0 amide bonds. The van der Waals surface area contributed by atoms with Crippen molar-refractivity contribution in [2.45, 2.75) is 19.3 Å². The standard InChI is InChI=1S/C13H17N3O/c1-13(2,8-17)10-5-3-4-9(6-10)11-7-15-16-12(11)14/h3-7,17H,8H2,1-2H3,(H3,14,15,16). The van der Waals surface area contributed by atoms with Gasteiger partial charge in [0.1, 0.15) is 5.82 Å². The number of aliphatic hydroxyl groups excluding tert-OH is 1. The highest BCUT2D eigenvalue weighted by Crippen LogP contribution is 2.29. The minimum atomic E-state index is -0.255. The number of aliphatic hydroxyl groups is 1. The summed E-state index contributed by atoms with van der Waals surface area (Å²) in [6.45, 7) is 4.12. The van der Waals surface area contributed by atoms with E-state index in [2.05, 4.69) is 10.2 Å². The lowest BCUT2D eigenvalue weighted by atomic mass is 9.84. The smallest absolute Gasteiger partial charge is 0.126 e. The monoisotopic (exact) mass is 231 g/mol. The number of nitrogen functional groups attached to an aromatic ring is 1. The number of nitrogens with two attached hydrogens (primary N) is 1. The molecule has 0 bridgehead atoms. The van der Waals surface area contributed by atoms with Crippen molar-refractivity contribution in [3.05, 3.63) is 36.0 Å². The van der Waals surface area contributed by atoms with Crippen LogP contribution in [-0.4, -0.2) is 21.9 Å². The van der Waals surface area contributed by atoms with Crippen molar-refractivity contribution < 1.29 is 5.11 Å². The fraction of sp³-hybridized carbons (Fsp3) is 0.308. The molecule has 17 heavy (non-hydrogen) atoms. The van der Waals surface area contributed by atoms with Crippen LogP contribution in [0.1, 0.15) is 19.4 Å². The molecule has 2 rings (SSSR count). The summed E-state index contributed by atoms with van der Waals surface area (Å²) >= 11 is 0. The van der Waals surface area contributed by atoms with E-state index >= 15 is 0 Å². The van der Waals surface area contributed by atoms with Crippen molar-refractivity contribution in [1.29, 1.82) is 0 Å². The number of hydrogen-bond donors (Lipinski definition) is 3. The van der Waals surface area contributed by atoms with Crippen LogP contribution in [0.15, 0.2) is 30.5 Å². The summed E-state index contributed by atoms with van der Waals surface area (Å²) < 4.78 is 0. The first-order valence-electron chi connectivity index (χ1n) is 5.55. The Bertz CT molecular complexity index is 517. The van der Waals surface area contributed by atoms with Gasteiger partial charge in [-0.25, -0.2) is 0 Å². The highest BCUT2D eigenvalue weighted by Gasteiger charge is 2.19. The molecule has 0 aliphatic heterocycles. The number of anilines is 1. The van der Waals surface area contributed by atoms with Crippen molar-refractivity contribution in [2.24, 2.45) is 0 Å². The van der Waals surface area contributed by atoms with Gasteiger partial charge in [0, 0.05) is 11.0 Å². The predicted octanol–water partition coefficient (Wildman–Crippen LogP) is 1.93. The van der Waals surface area contributed by atoms with E-state index in [4.69, 9.17) is 5.73 Å². The van der Waals surface area contributed by atoms with Crippen molar-refractivity contribution in [1.82, 2.24) is 10.2 Å². The number of aromatic nitrogens is 2. The molecule has 90 valence electrons. The third kappa shape index (κ3) is 2.17. The second-order valence-electron chi connectivity index (χ2n) is 4.82. The van der Waals surface area contributed by atoms with Gasteiger partial charge in [0.2, 0.25) is 0 Å². The number of benzene rings is 1. The summed E-state index contributed by atoms with van der Waals surface area (Å²) in [5, 5.41) is 16.0. The lowest BCUT2D eigenvalue weighted by molar-refractivity contribution is 0.218. The third-order valence-corrected chi connectivity index (χ3v) is 3.02. The summed E-state index contributed by atoms with van der Waals surface area (Å²) in [4.78, 5) is 0. The number of hydrogen-bond acceptors (Lipinski definition) is 3. The molecule has 4 nitrogen and oxygen atoms in total. The Balaban J connectivity index is 2.46. The number of nitrogens with one attached hydrogen (secondary N) is 1. The molecule has 4 N–H and O–H groups in total. The average molecular weight is 231 g/mol. The Labute approximate surface area is 100 Å². The molecular formula is C13H17N3O. The number of aromatic amines is 1. The Morgan fingerprint density at radius 1 is 1.41 bits per heavy atom. The minimum Gasteiger partial charge on any atom is -0.395 e. The zero-order chi connectivity index (χ0) is 12.5. The molecule has 0 spiro atoms. The van der Waals surface area contributed by atoms with E-state index in [0.717, 1.165) is 16.7 Å². The SMILES string of the molecule is CC(C)(CO)c1cccc(-c2cn[nH]c2N)c1. The van der Waals surface area contributed by atoms with Gasteiger partial charge in [0.05, 0.1) is 12.8 Å². The second-order valence-corrected chi connectivity index (χ2v) is 4.82. The highest BCUT2D eigenvalue weighted by molar-refractivity contribution is 5.73. The van der Waals surface area contributed by atoms with Crippen LogP contribution in [0.5, 0.6) is 0 Å². The molecule has 0 saturated heterocycles. The third-order valence-electron chi connectivity index (χ3n) is 3.02. The van der Waals surface area contributed by atoms with Crippen LogP contribution >= 0.6 is 0 Å². The van der Waals surface area contributed by atoms with Crippen molar-refractivity contribution in [3.63, 3.8) is 0 Å². The Morgan fingerprint density at radius 3 is 2.76 bits per heavy atom. The van der Waals surface area contributed by atoms with Gasteiger partial charge in [-0.05, 0) is 11.1 Å². The molecule has 0 atom stereocenters. The molecule has 0 saturated carbocycles. The molecule has 4 heteroatoms. The molecule has 0 unspecified atom stereocenters. The summed E-state index contributed by atoms with van der Waals surface area (Å²) in [5.74, 6) is 0.559. The molecule has 0 aliphatic carbocycles. The van der Waals surface area contributed by atoms with Gasteiger partial charge < -0.3 is 10.8 Å². The van der Waals surface area contributed by atoms with Crippen LogP contribution in [0.3, 0.4) is 0 Å². The maximum atomic E-state index is 9.38. The average Bonchev–Trinajstić information content (AvgIpc) is 2.76. The first kappa shape index (κ1) is 11.7. The Hall–Kier alpha value is -1.81. The van der Waals surface area contributed by atoms with E-state index in [-0.39, 0.29) is 12.0 Å². The van der Waals surface area contributed by atoms with Crippen LogP contribution in [0.25, 0.3) is 11.1 Å². The zero-order valence-corrected chi connectivity index (χ0v) is 10.1. The van der Waals surface area contributed by atoms with Crippen LogP contribution in [0, 0.1) is 0 Å². The summed E-state index contributed by atoms with van der Waals surface area (Å²) in [6.07, 6.45) is 1.71. The number of nitrogens with zero attached hydrogens (tertiary/aromatic N) is 1. The topological polar surface area (TPSA) is 74.9 Å². The van der Waals surface area contributed by atoms with Crippen molar-refractivity contribution >= 4 is 5.82 Å². The zero-order valence-electron chi connectivity index (χ0n) is 10.1. The first-order valence-corrected chi connectivity index (χ1v) is 5.55. The second kappa shape index (κ2) is 4.22. The van der Waals surface area contributed by atoms with Gasteiger partial charge >= 0.3 is 0 Å². The van der Waals surface area contributed by atoms with Crippen LogP contribution < -0.4 is 5.73 Å². The predicted molar refractivity (Wildman–Crippen MR) is 68.5 cm³/mol. The lowest BCUT2D eigenvalue weighted by Gasteiger charge is -2.22. The minimum absolute atomic E-state index is 0.108. The lowest BCUT2D eigenvalue weighted by Crippen LogP contribution is -2.21. The van der Waals surface area contributed by atoms with Crippen LogP contribution in [0.4, 0.5) is 5.82 Å². The van der Waals surface area contributed by atoms with Gasteiger partial charge in [0.25, 0.3) is 0 Å². The number of H-pyrrole nitrogens is 1. The van der Waals surface area contributed by atoms with E-state index in [9.17, 15) is 5.11 Å². The molecule has 1 aromatic heterocycles. The van der Waals surface area contributed by atoms with Gasteiger partial charge in [-0.15, -0.1) is 0 Å². The molecular weight excluding hydrogens is 214 g/mol. The van der Waals surface area contributed by atoms with E-state index in [0.29, 0.717) is 5.82 Å². The largest absolute Gasteiger partial charge is 0.395 e. The fourth-order valence-electron chi connectivity index (χ4n) is 1.73. The van der Waals surface area contributed by atoms with Gasteiger partial charge in [0.15, 0.2) is 0 Å². The summed E-state index contributed by atoms with van der Waals surface area (Å²) in [6, 6.07) is 8.00. The van der Waals surface area contributed by atoms with Crippen LogP contribution in [-0.2, 0) is 5.41 Å². The molecule has 0 aliphatic rings. The van der Waals surface area contributed by atoms with Gasteiger partial charge in [-0.1, -0.05) is 38.1 Å². The van der Waals surface area contributed by atoms with Crippen LogP contribution in [0.2, 0.25) is 0 Å². The summed E-state index contributed by atoms with van der Waals surface area (Å²) in [5.41, 5.74) is 8.52. The molecule has 0 radical (unpaired) electrons. The Morgan fingerprint density at radius 2 is 2.18 bits per heavy atom. The maximum absolute atomic E-state index is 9.38. The fourth-order valence-corrected chi connectivity index (χ4v) is 1.73. The van der Waals surface area contributed by atoms with E-state index in [1.54, 1.807) is 6.20 Å². The summed E-state index contributed by atoms with van der Waals surface area (Å²) in [7, 11) is 0. The van der Waals surface area contributed by atoms with E-state index in [1.807, 2.05) is 38.1 Å². The van der Waals surface area contributed by atoms with E-state index < -0.39 is 0 Å². The van der Waals surface area contributed by atoms with Crippen molar-refractivity contribution in [3.8, 4) is 11.1 Å². The Kier molecular flexibility index (Phi) is 2.90. The van der Waals surface area contributed by atoms with Crippen molar-refractivity contribution in [2.75, 3.05) is 12.3 Å².